The standard InChI is InChI=1S/C11H16BrN3/c12-5-2-6-13-11-7-10(14-8-15-11)9-3-1-4-9/h7-9H,1-6H2,(H,13,14,15). The molecule has 0 unspecified atom stereocenters. The van der Waals surface area contributed by atoms with Crippen molar-refractivity contribution in [3.05, 3.63) is 18.1 Å². The molecule has 0 aromatic carbocycles. The number of hydrogen-bond acceptors (Lipinski definition) is 3. The van der Waals surface area contributed by atoms with Crippen LogP contribution < -0.4 is 5.32 Å². The van der Waals surface area contributed by atoms with Gasteiger partial charge < -0.3 is 5.32 Å². The molecule has 2 rings (SSSR count). The van der Waals surface area contributed by atoms with Crippen LogP contribution >= 0.6 is 15.9 Å². The summed E-state index contributed by atoms with van der Waals surface area (Å²) < 4.78 is 0. The van der Waals surface area contributed by atoms with Crippen LogP contribution in [-0.4, -0.2) is 21.8 Å². The highest BCUT2D eigenvalue weighted by Gasteiger charge is 2.20. The molecule has 1 saturated carbocycles. The summed E-state index contributed by atoms with van der Waals surface area (Å²) in [4.78, 5) is 8.54. The summed E-state index contributed by atoms with van der Waals surface area (Å²) in [6.45, 7) is 0.965. The molecule has 4 heteroatoms. The molecular formula is C11H16BrN3. The SMILES string of the molecule is BrCCCNc1cc(C2CCC2)ncn1. The Balaban J connectivity index is 1.92. The molecule has 1 aromatic heterocycles. The van der Waals surface area contributed by atoms with E-state index >= 15 is 0 Å². The van der Waals surface area contributed by atoms with Crippen LogP contribution in [-0.2, 0) is 0 Å². The molecule has 1 fully saturated rings. The Bertz CT molecular complexity index is 312. The van der Waals surface area contributed by atoms with Gasteiger partial charge in [-0.25, -0.2) is 9.97 Å². The van der Waals surface area contributed by atoms with Crippen molar-refractivity contribution in [2.45, 2.75) is 31.6 Å². The topological polar surface area (TPSA) is 37.8 Å². The molecule has 15 heavy (non-hydrogen) atoms. The van der Waals surface area contributed by atoms with E-state index in [1.54, 1.807) is 6.33 Å². The number of aromatic nitrogens is 2. The molecule has 0 atom stereocenters. The zero-order valence-corrected chi connectivity index (χ0v) is 10.3. The average molecular weight is 270 g/mol. The van der Waals surface area contributed by atoms with Gasteiger partial charge in [0.2, 0.25) is 0 Å². The first-order valence-electron chi connectivity index (χ1n) is 5.52. The summed E-state index contributed by atoms with van der Waals surface area (Å²) in [7, 11) is 0. The first-order chi connectivity index (χ1) is 7.40. The molecule has 3 nitrogen and oxygen atoms in total. The van der Waals surface area contributed by atoms with Gasteiger partial charge in [-0.3, -0.25) is 0 Å². The van der Waals surface area contributed by atoms with Gasteiger partial charge in [0, 0.05) is 29.6 Å². The number of hydrogen-bond donors (Lipinski definition) is 1. The fourth-order valence-electron chi connectivity index (χ4n) is 1.68. The quantitative estimate of drug-likeness (QED) is 0.660. The average Bonchev–Trinajstić information content (AvgIpc) is 2.16. The zero-order valence-electron chi connectivity index (χ0n) is 8.75. The van der Waals surface area contributed by atoms with E-state index in [2.05, 4.69) is 37.3 Å². The lowest BCUT2D eigenvalue weighted by atomic mass is 9.83. The highest BCUT2D eigenvalue weighted by atomic mass is 79.9. The van der Waals surface area contributed by atoms with E-state index in [0.717, 1.165) is 24.1 Å². The van der Waals surface area contributed by atoms with Crippen LogP contribution in [0.3, 0.4) is 0 Å². The van der Waals surface area contributed by atoms with E-state index < -0.39 is 0 Å². The van der Waals surface area contributed by atoms with Crippen molar-refractivity contribution in [3.63, 3.8) is 0 Å². The van der Waals surface area contributed by atoms with Gasteiger partial charge in [-0.2, -0.15) is 0 Å². The lowest BCUT2D eigenvalue weighted by Crippen LogP contribution is -2.12. The van der Waals surface area contributed by atoms with Gasteiger partial charge in [-0.05, 0) is 19.3 Å². The molecule has 0 aliphatic heterocycles. The second-order valence-corrected chi connectivity index (χ2v) is 4.72. The second-order valence-electron chi connectivity index (χ2n) is 3.93. The molecular weight excluding hydrogens is 254 g/mol. The van der Waals surface area contributed by atoms with E-state index in [1.165, 1.54) is 25.0 Å². The van der Waals surface area contributed by atoms with Crippen molar-refractivity contribution in [1.82, 2.24) is 9.97 Å². The second kappa shape index (κ2) is 5.45. The van der Waals surface area contributed by atoms with Crippen molar-refractivity contribution < 1.29 is 0 Å². The van der Waals surface area contributed by atoms with Crippen molar-refractivity contribution in [3.8, 4) is 0 Å². The maximum atomic E-state index is 4.33. The summed E-state index contributed by atoms with van der Waals surface area (Å²) in [6, 6.07) is 2.10. The summed E-state index contributed by atoms with van der Waals surface area (Å²) in [5.41, 5.74) is 1.21. The Hall–Kier alpha value is -0.640. The number of halogens is 1. The molecule has 1 aromatic rings. The van der Waals surface area contributed by atoms with Gasteiger partial charge in [-0.15, -0.1) is 0 Å². The Morgan fingerprint density at radius 3 is 2.93 bits per heavy atom. The monoisotopic (exact) mass is 269 g/mol. The van der Waals surface area contributed by atoms with Crippen LogP contribution in [0.1, 0.15) is 37.3 Å². The van der Waals surface area contributed by atoms with Crippen LogP contribution in [0.5, 0.6) is 0 Å². The summed E-state index contributed by atoms with van der Waals surface area (Å²) in [5, 5.41) is 4.34. The van der Waals surface area contributed by atoms with E-state index in [-0.39, 0.29) is 0 Å². The van der Waals surface area contributed by atoms with Gasteiger partial charge >= 0.3 is 0 Å². The fraction of sp³-hybridized carbons (Fsp3) is 0.636. The van der Waals surface area contributed by atoms with Crippen LogP contribution in [0.25, 0.3) is 0 Å². The zero-order chi connectivity index (χ0) is 10.5. The highest BCUT2D eigenvalue weighted by Crippen LogP contribution is 2.35. The third-order valence-electron chi connectivity index (χ3n) is 2.83. The van der Waals surface area contributed by atoms with Crippen molar-refractivity contribution in [1.29, 1.82) is 0 Å². The number of nitrogens with one attached hydrogen (secondary N) is 1. The molecule has 1 aliphatic rings. The Morgan fingerprint density at radius 1 is 1.40 bits per heavy atom. The summed E-state index contributed by atoms with van der Waals surface area (Å²) in [5.74, 6) is 1.65. The maximum Gasteiger partial charge on any atom is 0.129 e. The number of nitrogens with zero attached hydrogens (tertiary/aromatic N) is 2. The first kappa shape index (κ1) is 10.9. The van der Waals surface area contributed by atoms with Crippen molar-refractivity contribution in [2.24, 2.45) is 0 Å². The lowest BCUT2D eigenvalue weighted by Gasteiger charge is -2.24. The van der Waals surface area contributed by atoms with E-state index in [1.807, 2.05) is 0 Å². The smallest absolute Gasteiger partial charge is 0.129 e. The molecule has 0 saturated heterocycles. The minimum atomic E-state index is 0.685. The minimum Gasteiger partial charge on any atom is -0.370 e. The normalized spacial score (nSPS) is 16.1. The van der Waals surface area contributed by atoms with Crippen LogP contribution in [0.15, 0.2) is 12.4 Å². The van der Waals surface area contributed by atoms with Crippen LogP contribution in [0.4, 0.5) is 5.82 Å². The van der Waals surface area contributed by atoms with Crippen LogP contribution in [0.2, 0.25) is 0 Å². The Kier molecular flexibility index (Phi) is 3.94. The van der Waals surface area contributed by atoms with E-state index in [9.17, 15) is 0 Å². The molecule has 1 N–H and O–H groups in total. The maximum absolute atomic E-state index is 4.33. The van der Waals surface area contributed by atoms with E-state index in [0.29, 0.717) is 5.92 Å². The van der Waals surface area contributed by atoms with Gasteiger partial charge in [0.05, 0.1) is 0 Å². The highest BCUT2D eigenvalue weighted by molar-refractivity contribution is 9.09. The van der Waals surface area contributed by atoms with Gasteiger partial charge in [0.25, 0.3) is 0 Å². The van der Waals surface area contributed by atoms with E-state index in [4.69, 9.17) is 0 Å². The van der Waals surface area contributed by atoms with Crippen molar-refractivity contribution in [2.75, 3.05) is 17.2 Å². The lowest BCUT2D eigenvalue weighted by molar-refractivity contribution is 0.411. The van der Waals surface area contributed by atoms with Gasteiger partial charge in [0.1, 0.15) is 12.1 Å². The minimum absolute atomic E-state index is 0.685. The van der Waals surface area contributed by atoms with Gasteiger partial charge in [-0.1, -0.05) is 22.4 Å². The van der Waals surface area contributed by atoms with Gasteiger partial charge in [0.15, 0.2) is 0 Å². The largest absolute Gasteiger partial charge is 0.370 e. The molecule has 0 bridgehead atoms. The predicted molar refractivity (Wildman–Crippen MR) is 65.5 cm³/mol. The number of rotatable bonds is 5. The molecule has 0 amide bonds. The summed E-state index contributed by atoms with van der Waals surface area (Å²) >= 11 is 3.41. The molecule has 82 valence electrons. The molecule has 1 aliphatic carbocycles. The molecule has 0 spiro atoms. The predicted octanol–water partition coefficient (Wildman–Crippen LogP) is 2.94. The summed E-state index contributed by atoms with van der Waals surface area (Å²) in [6.07, 6.45) is 6.71. The number of alkyl halides is 1. The third-order valence-corrected chi connectivity index (χ3v) is 3.39. The Morgan fingerprint density at radius 2 is 2.27 bits per heavy atom. The fourth-order valence-corrected chi connectivity index (χ4v) is 1.96. The number of anilines is 1. The first-order valence-corrected chi connectivity index (χ1v) is 6.64. The van der Waals surface area contributed by atoms with Crippen LogP contribution in [0, 0.1) is 0 Å². The molecule has 0 radical (unpaired) electrons. The third kappa shape index (κ3) is 2.91. The molecule has 1 heterocycles. The van der Waals surface area contributed by atoms with Crippen molar-refractivity contribution >= 4 is 21.7 Å². The Labute approximate surface area is 98.8 Å².